The molecule has 3 aromatic carbocycles. The average Bonchev–Trinajstić information content (AvgIpc) is 2.62. The van der Waals surface area contributed by atoms with Crippen LogP contribution in [0.3, 0.4) is 0 Å². The van der Waals surface area contributed by atoms with Crippen molar-refractivity contribution in [2.45, 2.75) is 20.3 Å². The van der Waals surface area contributed by atoms with Gasteiger partial charge >= 0.3 is 0 Å². The molecule has 3 aromatic rings. The molecule has 0 aromatic heterocycles. The van der Waals surface area contributed by atoms with Crippen LogP contribution in [0.2, 0.25) is 0 Å². The highest BCUT2D eigenvalue weighted by atomic mass is 14.1. The molecule has 114 valence electrons. The fourth-order valence-corrected chi connectivity index (χ4v) is 2.95. The van der Waals surface area contributed by atoms with Gasteiger partial charge in [0, 0.05) is 0 Å². The van der Waals surface area contributed by atoms with Gasteiger partial charge in [-0.15, -0.1) is 0 Å². The predicted octanol–water partition coefficient (Wildman–Crippen LogP) is 6.17. The second-order valence-electron chi connectivity index (χ2n) is 5.94. The van der Waals surface area contributed by atoms with Crippen molar-refractivity contribution in [2.75, 3.05) is 0 Å². The molecule has 0 saturated carbocycles. The maximum absolute atomic E-state index is 2.23. The molecule has 0 nitrogen and oxygen atoms in total. The van der Waals surface area contributed by atoms with Crippen LogP contribution in [0.25, 0.3) is 11.1 Å². The highest BCUT2D eigenvalue weighted by molar-refractivity contribution is 5.90. The van der Waals surface area contributed by atoms with Crippen molar-refractivity contribution in [3.05, 3.63) is 107 Å². The molecule has 3 rings (SSSR count). The Hall–Kier alpha value is -2.60. The Labute approximate surface area is 139 Å². The van der Waals surface area contributed by atoms with E-state index < -0.39 is 0 Å². The molecule has 0 saturated heterocycles. The second kappa shape index (κ2) is 7.11. The van der Waals surface area contributed by atoms with Crippen molar-refractivity contribution in [1.82, 2.24) is 0 Å². The SMILES string of the molecule is C/C(=C(\Cc1ccccc1C)c1ccccc1)c1ccccc1. The van der Waals surface area contributed by atoms with Crippen LogP contribution >= 0.6 is 0 Å². The van der Waals surface area contributed by atoms with E-state index in [4.69, 9.17) is 0 Å². The summed E-state index contributed by atoms with van der Waals surface area (Å²) in [5.74, 6) is 0. The Morgan fingerprint density at radius 1 is 0.652 bits per heavy atom. The van der Waals surface area contributed by atoms with Crippen LogP contribution in [0.1, 0.15) is 29.2 Å². The molecule has 0 N–H and O–H groups in total. The molecule has 0 heterocycles. The molecular formula is C23H22. The van der Waals surface area contributed by atoms with Crippen LogP contribution in [0.4, 0.5) is 0 Å². The molecule has 23 heavy (non-hydrogen) atoms. The normalized spacial score (nSPS) is 11.9. The lowest BCUT2D eigenvalue weighted by atomic mass is 9.90. The Balaban J connectivity index is 2.10. The summed E-state index contributed by atoms with van der Waals surface area (Å²) >= 11 is 0. The van der Waals surface area contributed by atoms with Crippen molar-refractivity contribution >= 4 is 11.1 Å². The smallest absolute Gasteiger partial charge is 0.00144 e. The first-order valence-corrected chi connectivity index (χ1v) is 8.11. The fourth-order valence-electron chi connectivity index (χ4n) is 2.95. The maximum Gasteiger partial charge on any atom is -0.00144 e. The van der Waals surface area contributed by atoms with Crippen molar-refractivity contribution in [3.63, 3.8) is 0 Å². The lowest BCUT2D eigenvalue weighted by Gasteiger charge is -2.15. The lowest BCUT2D eigenvalue weighted by Crippen LogP contribution is -1.97. The second-order valence-corrected chi connectivity index (χ2v) is 5.94. The Morgan fingerprint density at radius 3 is 1.78 bits per heavy atom. The van der Waals surface area contributed by atoms with E-state index in [0.29, 0.717) is 0 Å². The number of allylic oxidation sites excluding steroid dienone is 2. The van der Waals surface area contributed by atoms with Crippen molar-refractivity contribution in [1.29, 1.82) is 0 Å². The fraction of sp³-hybridized carbons (Fsp3) is 0.130. The van der Waals surface area contributed by atoms with Gasteiger partial charge in [-0.1, -0.05) is 84.9 Å². The van der Waals surface area contributed by atoms with Gasteiger partial charge in [0.25, 0.3) is 0 Å². The molecule has 0 atom stereocenters. The third-order valence-corrected chi connectivity index (χ3v) is 4.41. The van der Waals surface area contributed by atoms with E-state index in [1.54, 1.807) is 0 Å². The molecule has 0 heteroatoms. The minimum absolute atomic E-state index is 0.956. The van der Waals surface area contributed by atoms with Gasteiger partial charge in [-0.3, -0.25) is 0 Å². The zero-order valence-corrected chi connectivity index (χ0v) is 13.8. The maximum atomic E-state index is 2.23. The molecule has 0 aliphatic heterocycles. The number of hydrogen-bond donors (Lipinski definition) is 0. The third-order valence-electron chi connectivity index (χ3n) is 4.41. The lowest BCUT2D eigenvalue weighted by molar-refractivity contribution is 1.22. The quantitative estimate of drug-likeness (QED) is 0.505. The van der Waals surface area contributed by atoms with Crippen LogP contribution in [-0.4, -0.2) is 0 Å². The van der Waals surface area contributed by atoms with Crippen LogP contribution in [-0.2, 0) is 6.42 Å². The molecule has 0 amide bonds. The number of benzene rings is 3. The van der Waals surface area contributed by atoms with Gasteiger partial charge in [0.05, 0.1) is 0 Å². The van der Waals surface area contributed by atoms with E-state index in [9.17, 15) is 0 Å². The van der Waals surface area contributed by atoms with E-state index in [1.807, 2.05) is 0 Å². The molecule has 0 bridgehead atoms. The van der Waals surface area contributed by atoms with Gasteiger partial charge in [0.1, 0.15) is 0 Å². The first-order chi connectivity index (χ1) is 11.3. The van der Waals surface area contributed by atoms with E-state index in [-0.39, 0.29) is 0 Å². The van der Waals surface area contributed by atoms with Crippen LogP contribution in [0.15, 0.2) is 84.9 Å². The molecule has 0 spiro atoms. The van der Waals surface area contributed by atoms with Gasteiger partial charge in [0.15, 0.2) is 0 Å². The average molecular weight is 298 g/mol. The third kappa shape index (κ3) is 3.60. The van der Waals surface area contributed by atoms with Crippen molar-refractivity contribution in [3.8, 4) is 0 Å². The number of aryl methyl sites for hydroxylation is 1. The summed E-state index contributed by atoms with van der Waals surface area (Å²) < 4.78 is 0. The zero-order valence-electron chi connectivity index (χ0n) is 13.8. The largest absolute Gasteiger partial charge is 0.0622 e. The summed E-state index contributed by atoms with van der Waals surface area (Å²) in [6.45, 7) is 4.42. The summed E-state index contributed by atoms with van der Waals surface area (Å²) in [7, 11) is 0. The minimum Gasteiger partial charge on any atom is -0.0622 e. The topological polar surface area (TPSA) is 0 Å². The van der Waals surface area contributed by atoms with Crippen molar-refractivity contribution in [2.24, 2.45) is 0 Å². The highest BCUT2D eigenvalue weighted by Gasteiger charge is 2.10. The zero-order chi connectivity index (χ0) is 16.1. The van der Waals surface area contributed by atoms with E-state index in [2.05, 4.69) is 98.8 Å². The summed E-state index contributed by atoms with van der Waals surface area (Å²) in [6.07, 6.45) is 0.956. The van der Waals surface area contributed by atoms with E-state index in [1.165, 1.54) is 33.4 Å². The van der Waals surface area contributed by atoms with E-state index >= 15 is 0 Å². The summed E-state index contributed by atoms with van der Waals surface area (Å²) in [6, 6.07) is 30.0. The predicted molar refractivity (Wildman–Crippen MR) is 100 cm³/mol. The van der Waals surface area contributed by atoms with Gasteiger partial charge < -0.3 is 0 Å². The Kier molecular flexibility index (Phi) is 4.73. The van der Waals surface area contributed by atoms with Gasteiger partial charge in [0.2, 0.25) is 0 Å². The van der Waals surface area contributed by atoms with Crippen LogP contribution < -0.4 is 0 Å². The van der Waals surface area contributed by atoms with Crippen LogP contribution in [0, 0.1) is 6.92 Å². The summed E-state index contributed by atoms with van der Waals surface area (Å²) in [5.41, 5.74) is 8.08. The molecule has 0 unspecified atom stereocenters. The monoisotopic (exact) mass is 298 g/mol. The first kappa shape index (κ1) is 15.3. The van der Waals surface area contributed by atoms with Gasteiger partial charge in [-0.2, -0.15) is 0 Å². The highest BCUT2D eigenvalue weighted by Crippen LogP contribution is 2.29. The summed E-state index contributed by atoms with van der Waals surface area (Å²) in [5, 5.41) is 0. The van der Waals surface area contributed by atoms with Crippen molar-refractivity contribution < 1.29 is 0 Å². The molecular weight excluding hydrogens is 276 g/mol. The molecule has 0 radical (unpaired) electrons. The number of hydrogen-bond acceptors (Lipinski definition) is 0. The molecule has 0 fully saturated rings. The van der Waals surface area contributed by atoms with Crippen LogP contribution in [0.5, 0.6) is 0 Å². The first-order valence-electron chi connectivity index (χ1n) is 8.11. The minimum atomic E-state index is 0.956. The van der Waals surface area contributed by atoms with Gasteiger partial charge in [-0.05, 0) is 53.7 Å². The molecule has 0 aliphatic rings. The number of rotatable bonds is 4. The Morgan fingerprint density at radius 2 is 1.17 bits per heavy atom. The van der Waals surface area contributed by atoms with Gasteiger partial charge in [-0.25, -0.2) is 0 Å². The standard InChI is InChI=1S/C23H22/c1-18-11-9-10-16-22(18)17-23(21-14-7-4-8-15-21)19(2)20-12-5-3-6-13-20/h3-16H,17H2,1-2H3/b23-19-. The molecule has 0 aliphatic carbocycles. The summed E-state index contributed by atoms with van der Waals surface area (Å²) in [4.78, 5) is 0. The van der Waals surface area contributed by atoms with E-state index in [0.717, 1.165) is 6.42 Å². The Bertz CT molecular complexity index is 796.